The summed E-state index contributed by atoms with van der Waals surface area (Å²) in [6, 6.07) is 0. The van der Waals surface area contributed by atoms with Gasteiger partial charge < -0.3 is 10.4 Å². The minimum atomic E-state index is 0.0461. The summed E-state index contributed by atoms with van der Waals surface area (Å²) in [5.74, 6) is 0.0461. The van der Waals surface area contributed by atoms with Gasteiger partial charge in [-0.25, -0.2) is 0 Å². The molecule has 1 amide bonds. The lowest BCUT2D eigenvalue weighted by molar-refractivity contribution is -0.120. The van der Waals surface area contributed by atoms with Gasteiger partial charge in [-0.2, -0.15) is 5.10 Å². The van der Waals surface area contributed by atoms with Crippen LogP contribution in [0.1, 0.15) is 42.6 Å². The highest BCUT2D eigenvalue weighted by Gasteiger charge is 2.10. The molecule has 102 valence electrons. The van der Waals surface area contributed by atoms with Crippen LogP contribution in [0.25, 0.3) is 0 Å². The van der Waals surface area contributed by atoms with Crippen LogP contribution < -0.4 is 5.32 Å². The number of nitrogens with zero attached hydrogens (tertiary/aromatic N) is 1. The Kier molecular flexibility index (Phi) is 6.43. The zero-order valence-electron chi connectivity index (χ0n) is 11.3. The monoisotopic (exact) mass is 253 g/mol. The average Bonchev–Trinajstić information content (AvgIpc) is 2.65. The van der Waals surface area contributed by atoms with Gasteiger partial charge in [0.05, 0.1) is 12.1 Å². The second kappa shape index (κ2) is 7.87. The van der Waals surface area contributed by atoms with E-state index in [0.29, 0.717) is 13.0 Å². The molecule has 5 heteroatoms. The second-order valence-corrected chi connectivity index (χ2v) is 4.58. The fourth-order valence-corrected chi connectivity index (χ4v) is 1.88. The van der Waals surface area contributed by atoms with Crippen molar-refractivity contribution in [1.82, 2.24) is 15.5 Å². The molecule has 0 spiro atoms. The first kappa shape index (κ1) is 14.7. The predicted molar refractivity (Wildman–Crippen MR) is 70.3 cm³/mol. The summed E-state index contributed by atoms with van der Waals surface area (Å²) >= 11 is 0. The lowest BCUT2D eigenvalue weighted by atomic mass is 10.1. The van der Waals surface area contributed by atoms with Gasteiger partial charge in [-0.1, -0.05) is 12.8 Å². The van der Waals surface area contributed by atoms with Crippen molar-refractivity contribution in [2.45, 2.75) is 46.0 Å². The Balaban J connectivity index is 2.18. The molecule has 0 radical (unpaired) electrons. The van der Waals surface area contributed by atoms with Crippen molar-refractivity contribution in [2.75, 3.05) is 13.2 Å². The zero-order valence-corrected chi connectivity index (χ0v) is 11.3. The van der Waals surface area contributed by atoms with Gasteiger partial charge in [0.1, 0.15) is 0 Å². The van der Waals surface area contributed by atoms with E-state index in [0.717, 1.165) is 42.6 Å². The molecule has 3 N–H and O–H groups in total. The SMILES string of the molecule is Cc1n[nH]c(C)c1CC(=O)NCCCCCCO. The molecular formula is C13H23N3O2. The number of nitrogens with one attached hydrogen (secondary N) is 2. The van der Waals surface area contributed by atoms with Crippen LogP contribution in [0.3, 0.4) is 0 Å². The number of unbranched alkanes of at least 4 members (excludes halogenated alkanes) is 3. The lowest BCUT2D eigenvalue weighted by Gasteiger charge is -2.05. The van der Waals surface area contributed by atoms with Crippen molar-refractivity contribution in [2.24, 2.45) is 0 Å². The number of H-pyrrole nitrogens is 1. The van der Waals surface area contributed by atoms with Crippen LogP contribution in [0.4, 0.5) is 0 Å². The maximum atomic E-state index is 11.7. The normalized spacial score (nSPS) is 10.6. The number of aromatic nitrogens is 2. The molecule has 0 aliphatic carbocycles. The molecule has 0 aromatic carbocycles. The van der Waals surface area contributed by atoms with E-state index in [1.807, 2.05) is 13.8 Å². The summed E-state index contributed by atoms with van der Waals surface area (Å²) < 4.78 is 0. The highest BCUT2D eigenvalue weighted by Crippen LogP contribution is 2.09. The van der Waals surface area contributed by atoms with E-state index in [2.05, 4.69) is 15.5 Å². The number of aryl methyl sites for hydroxylation is 2. The summed E-state index contributed by atoms with van der Waals surface area (Å²) in [6.45, 7) is 4.80. The van der Waals surface area contributed by atoms with Crippen LogP contribution in [0.15, 0.2) is 0 Å². The van der Waals surface area contributed by atoms with Gasteiger partial charge in [0.15, 0.2) is 0 Å². The molecule has 18 heavy (non-hydrogen) atoms. The van der Waals surface area contributed by atoms with E-state index in [4.69, 9.17) is 5.11 Å². The van der Waals surface area contributed by atoms with Gasteiger partial charge in [0, 0.05) is 24.4 Å². The quantitative estimate of drug-likeness (QED) is 0.610. The number of aliphatic hydroxyl groups excluding tert-OH is 1. The van der Waals surface area contributed by atoms with Gasteiger partial charge in [-0.3, -0.25) is 9.89 Å². The van der Waals surface area contributed by atoms with Gasteiger partial charge >= 0.3 is 0 Å². The molecule has 0 saturated carbocycles. The van der Waals surface area contributed by atoms with Crippen molar-refractivity contribution >= 4 is 5.91 Å². The molecular weight excluding hydrogens is 230 g/mol. The Morgan fingerprint density at radius 2 is 2.00 bits per heavy atom. The van der Waals surface area contributed by atoms with Crippen molar-refractivity contribution in [3.63, 3.8) is 0 Å². The number of amides is 1. The third kappa shape index (κ3) is 4.87. The first-order valence-electron chi connectivity index (χ1n) is 6.53. The summed E-state index contributed by atoms with van der Waals surface area (Å²) in [5, 5.41) is 18.5. The molecule has 1 heterocycles. The van der Waals surface area contributed by atoms with Crippen LogP contribution in [-0.4, -0.2) is 34.4 Å². The fraction of sp³-hybridized carbons (Fsp3) is 0.692. The van der Waals surface area contributed by atoms with Crippen molar-refractivity contribution in [1.29, 1.82) is 0 Å². The Labute approximate surface area is 108 Å². The van der Waals surface area contributed by atoms with Gasteiger partial charge in [-0.05, 0) is 26.7 Å². The van der Waals surface area contributed by atoms with E-state index in [-0.39, 0.29) is 12.5 Å². The Morgan fingerprint density at radius 1 is 1.28 bits per heavy atom. The predicted octanol–water partition coefficient (Wildman–Crippen LogP) is 1.24. The van der Waals surface area contributed by atoms with E-state index in [9.17, 15) is 4.79 Å². The summed E-state index contributed by atoms with van der Waals surface area (Å²) in [4.78, 5) is 11.7. The minimum Gasteiger partial charge on any atom is -0.396 e. The maximum absolute atomic E-state index is 11.7. The molecule has 0 fully saturated rings. The van der Waals surface area contributed by atoms with Gasteiger partial charge in [0.25, 0.3) is 0 Å². The second-order valence-electron chi connectivity index (χ2n) is 4.58. The van der Waals surface area contributed by atoms with Crippen LogP contribution in [0.5, 0.6) is 0 Å². The largest absolute Gasteiger partial charge is 0.396 e. The number of rotatable bonds is 8. The van der Waals surface area contributed by atoms with Gasteiger partial charge in [-0.15, -0.1) is 0 Å². The van der Waals surface area contributed by atoms with Crippen LogP contribution in [0.2, 0.25) is 0 Å². The molecule has 1 rings (SSSR count). The van der Waals surface area contributed by atoms with E-state index in [1.165, 1.54) is 0 Å². The number of hydrogen-bond donors (Lipinski definition) is 3. The molecule has 0 aliphatic rings. The highest BCUT2D eigenvalue weighted by atomic mass is 16.2. The number of carbonyl (C=O) groups excluding carboxylic acids is 1. The highest BCUT2D eigenvalue weighted by molar-refractivity contribution is 5.79. The van der Waals surface area contributed by atoms with E-state index in [1.54, 1.807) is 0 Å². The first-order chi connectivity index (χ1) is 8.65. The van der Waals surface area contributed by atoms with E-state index >= 15 is 0 Å². The van der Waals surface area contributed by atoms with Crippen molar-refractivity contribution in [3.05, 3.63) is 17.0 Å². The Morgan fingerprint density at radius 3 is 2.61 bits per heavy atom. The number of hydrogen-bond acceptors (Lipinski definition) is 3. The lowest BCUT2D eigenvalue weighted by Crippen LogP contribution is -2.26. The topological polar surface area (TPSA) is 78.0 Å². The third-order valence-corrected chi connectivity index (χ3v) is 3.03. The van der Waals surface area contributed by atoms with Gasteiger partial charge in [0.2, 0.25) is 5.91 Å². The molecule has 0 unspecified atom stereocenters. The molecule has 0 aliphatic heterocycles. The molecule has 5 nitrogen and oxygen atoms in total. The number of aromatic amines is 1. The summed E-state index contributed by atoms with van der Waals surface area (Å²) in [7, 11) is 0. The third-order valence-electron chi connectivity index (χ3n) is 3.03. The standard InChI is InChI=1S/C13H23N3O2/c1-10-12(11(2)16-15-10)9-13(18)14-7-5-3-4-6-8-17/h17H,3-9H2,1-2H3,(H,14,18)(H,15,16). The molecule has 1 aromatic heterocycles. The van der Waals surface area contributed by atoms with Crippen LogP contribution in [-0.2, 0) is 11.2 Å². The number of carbonyl (C=O) groups is 1. The number of aliphatic hydroxyl groups is 1. The van der Waals surface area contributed by atoms with Crippen LogP contribution >= 0.6 is 0 Å². The average molecular weight is 253 g/mol. The first-order valence-corrected chi connectivity index (χ1v) is 6.53. The Hall–Kier alpha value is -1.36. The molecule has 1 aromatic rings. The summed E-state index contributed by atoms with van der Waals surface area (Å²) in [6.07, 6.45) is 4.28. The molecule has 0 saturated heterocycles. The molecule has 0 bridgehead atoms. The molecule has 0 atom stereocenters. The zero-order chi connectivity index (χ0) is 13.4. The Bertz CT molecular complexity index is 355. The van der Waals surface area contributed by atoms with Crippen molar-refractivity contribution < 1.29 is 9.90 Å². The summed E-state index contributed by atoms with van der Waals surface area (Å²) in [5.41, 5.74) is 2.85. The van der Waals surface area contributed by atoms with Crippen molar-refractivity contribution in [3.8, 4) is 0 Å². The smallest absolute Gasteiger partial charge is 0.224 e. The van der Waals surface area contributed by atoms with E-state index < -0.39 is 0 Å². The minimum absolute atomic E-state index is 0.0461. The fourth-order valence-electron chi connectivity index (χ4n) is 1.88. The van der Waals surface area contributed by atoms with Crippen LogP contribution in [0, 0.1) is 13.8 Å². The maximum Gasteiger partial charge on any atom is 0.224 e.